The number of H-pyrrole nitrogens is 2. The third-order valence-corrected chi connectivity index (χ3v) is 4.28. The number of esters is 1. The summed E-state index contributed by atoms with van der Waals surface area (Å²) in [5.41, 5.74) is 2.65. The molecular weight excluding hydrogens is 360 g/mol. The van der Waals surface area contributed by atoms with Crippen LogP contribution < -0.4 is 0 Å². The van der Waals surface area contributed by atoms with Gasteiger partial charge in [-0.15, -0.1) is 20.4 Å². The van der Waals surface area contributed by atoms with Gasteiger partial charge in [0, 0.05) is 17.0 Å². The van der Waals surface area contributed by atoms with Crippen molar-refractivity contribution in [2.45, 2.75) is 59.8 Å². The monoisotopic (exact) mass is 386 g/mol. The lowest BCUT2D eigenvalue weighted by molar-refractivity contribution is 0.0526. The number of aromatic nitrogens is 6. The van der Waals surface area contributed by atoms with E-state index in [1.165, 1.54) is 0 Å². The van der Waals surface area contributed by atoms with E-state index < -0.39 is 5.97 Å². The number of hydrogen-bond donors (Lipinski definition) is 2. The van der Waals surface area contributed by atoms with E-state index in [0.29, 0.717) is 17.0 Å². The number of carbonyl (C=O) groups excluding carboxylic acids is 1. The molecule has 0 aromatic carbocycles. The second kappa shape index (κ2) is 7.17. The maximum absolute atomic E-state index is 12.2. The SMILES string of the molecule is CCOC(=O)c1c(N=Nc2c(C(C)(C)C)[nH]n3c(C(C)C)nnc23)n[nH]c1C. The molecule has 0 fully saturated rings. The minimum atomic E-state index is -0.484. The van der Waals surface area contributed by atoms with Gasteiger partial charge in [0.1, 0.15) is 5.56 Å². The number of nitrogens with one attached hydrogen (secondary N) is 2. The Hall–Kier alpha value is -3.04. The van der Waals surface area contributed by atoms with Crippen molar-refractivity contribution >= 4 is 23.1 Å². The minimum absolute atomic E-state index is 0.179. The van der Waals surface area contributed by atoms with Crippen LogP contribution in [0.3, 0.4) is 0 Å². The largest absolute Gasteiger partial charge is 0.462 e. The standard InChI is InChI=1S/C18H26N8O2/c1-8-28-17(27)11-10(4)19-21-14(11)22-20-12-13(18(5,6)7)25-26-15(9(2)3)23-24-16(12)26/h9,25H,8H2,1-7H3,(H,19,21). The van der Waals surface area contributed by atoms with Crippen LogP contribution in [0, 0.1) is 6.92 Å². The van der Waals surface area contributed by atoms with E-state index in [1.807, 2.05) is 18.4 Å². The van der Waals surface area contributed by atoms with Crippen molar-refractivity contribution in [1.29, 1.82) is 0 Å². The van der Waals surface area contributed by atoms with Gasteiger partial charge in [-0.05, 0) is 13.8 Å². The lowest BCUT2D eigenvalue weighted by Crippen LogP contribution is -2.13. The van der Waals surface area contributed by atoms with Gasteiger partial charge >= 0.3 is 5.97 Å². The molecule has 10 heteroatoms. The van der Waals surface area contributed by atoms with Gasteiger partial charge < -0.3 is 4.74 Å². The molecule has 28 heavy (non-hydrogen) atoms. The van der Waals surface area contributed by atoms with E-state index in [0.717, 1.165) is 11.5 Å². The summed E-state index contributed by atoms with van der Waals surface area (Å²) in [5.74, 6) is 0.696. The predicted octanol–water partition coefficient (Wildman–Crippen LogP) is 4.10. The Morgan fingerprint density at radius 2 is 1.96 bits per heavy atom. The fourth-order valence-corrected chi connectivity index (χ4v) is 2.86. The molecule has 150 valence electrons. The van der Waals surface area contributed by atoms with E-state index in [1.54, 1.807) is 13.8 Å². The van der Waals surface area contributed by atoms with Crippen LogP contribution in [0.2, 0.25) is 0 Å². The first-order valence-corrected chi connectivity index (χ1v) is 9.26. The molecule has 0 spiro atoms. The van der Waals surface area contributed by atoms with Crippen molar-refractivity contribution in [3.05, 3.63) is 22.8 Å². The summed E-state index contributed by atoms with van der Waals surface area (Å²) in [7, 11) is 0. The Morgan fingerprint density at radius 1 is 1.25 bits per heavy atom. The quantitative estimate of drug-likeness (QED) is 0.504. The summed E-state index contributed by atoms with van der Waals surface area (Å²) in [5, 5.41) is 27.4. The average molecular weight is 386 g/mol. The van der Waals surface area contributed by atoms with Gasteiger partial charge in [0.25, 0.3) is 0 Å². The number of aryl methyl sites for hydroxylation is 1. The molecule has 0 atom stereocenters. The van der Waals surface area contributed by atoms with Crippen LogP contribution in [-0.4, -0.2) is 42.6 Å². The highest BCUT2D eigenvalue weighted by Gasteiger charge is 2.27. The maximum Gasteiger partial charge on any atom is 0.343 e. The third kappa shape index (κ3) is 3.41. The Kier molecular flexibility index (Phi) is 5.05. The number of carbonyl (C=O) groups is 1. The molecule has 0 aliphatic carbocycles. The van der Waals surface area contributed by atoms with Crippen LogP contribution in [0.25, 0.3) is 5.65 Å². The molecule has 0 bridgehead atoms. The topological polar surface area (TPSA) is 126 Å². The average Bonchev–Trinajstić information content (AvgIpc) is 3.25. The van der Waals surface area contributed by atoms with Gasteiger partial charge in [-0.2, -0.15) is 5.10 Å². The van der Waals surface area contributed by atoms with E-state index >= 15 is 0 Å². The first-order chi connectivity index (χ1) is 13.1. The van der Waals surface area contributed by atoms with Gasteiger partial charge in [-0.1, -0.05) is 34.6 Å². The summed E-state index contributed by atoms with van der Waals surface area (Å²) in [6.45, 7) is 14.1. The van der Waals surface area contributed by atoms with Crippen molar-refractivity contribution < 1.29 is 9.53 Å². The van der Waals surface area contributed by atoms with Gasteiger partial charge in [0.2, 0.25) is 11.5 Å². The Balaban J connectivity index is 2.11. The smallest absolute Gasteiger partial charge is 0.343 e. The molecule has 3 aromatic heterocycles. The maximum atomic E-state index is 12.2. The lowest BCUT2D eigenvalue weighted by Gasteiger charge is -2.16. The summed E-state index contributed by atoms with van der Waals surface area (Å²) < 4.78 is 6.92. The van der Waals surface area contributed by atoms with Gasteiger partial charge in [0.05, 0.1) is 12.3 Å². The number of fused-ring (bicyclic) bond motifs is 1. The van der Waals surface area contributed by atoms with Crippen molar-refractivity contribution in [3.63, 3.8) is 0 Å². The molecule has 3 rings (SSSR count). The van der Waals surface area contributed by atoms with Crippen LogP contribution in [0.15, 0.2) is 10.2 Å². The minimum Gasteiger partial charge on any atom is -0.462 e. The van der Waals surface area contributed by atoms with Gasteiger partial charge in [-0.3, -0.25) is 10.2 Å². The van der Waals surface area contributed by atoms with E-state index in [2.05, 4.69) is 56.5 Å². The van der Waals surface area contributed by atoms with E-state index in [9.17, 15) is 4.79 Å². The first-order valence-electron chi connectivity index (χ1n) is 9.26. The molecule has 10 nitrogen and oxygen atoms in total. The number of hydrogen-bond acceptors (Lipinski definition) is 7. The molecule has 0 unspecified atom stereocenters. The molecule has 3 heterocycles. The fourth-order valence-electron chi connectivity index (χ4n) is 2.86. The fraction of sp³-hybridized carbons (Fsp3) is 0.556. The first kappa shape index (κ1) is 19.7. The Labute approximate surface area is 162 Å². The second-order valence-corrected chi connectivity index (χ2v) is 7.93. The molecule has 3 aromatic rings. The van der Waals surface area contributed by atoms with Gasteiger partial charge in [0.15, 0.2) is 11.5 Å². The zero-order valence-electron chi connectivity index (χ0n) is 17.3. The Morgan fingerprint density at radius 3 is 2.57 bits per heavy atom. The summed E-state index contributed by atoms with van der Waals surface area (Å²) >= 11 is 0. The molecule has 0 saturated heterocycles. The molecule has 0 aliphatic rings. The zero-order valence-corrected chi connectivity index (χ0v) is 17.3. The molecular formula is C18H26N8O2. The van der Waals surface area contributed by atoms with E-state index in [-0.39, 0.29) is 29.3 Å². The zero-order chi connectivity index (χ0) is 20.6. The van der Waals surface area contributed by atoms with Crippen molar-refractivity contribution in [1.82, 2.24) is 30.0 Å². The molecule has 0 radical (unpaired) electrons. The number of rotatable bonds is 5. The van der Waals surface area contributed by atoms with Crippen molar-refractivity contribution in [2.24, 2.45) is 10.2 Å². The molecule has 2 N–H and O–H groups in total. The number of ether oxygens (including phenoxy) is 1. The second-order valence-electron chi connectivity index (χ2n) is 7.93. The summed E-state index contributed by atoms with van der Waals surface area (Å²) in [6.07, 6.45) is 0. The van der Waals surface area contributed by atoms with Crippen LogP contribution in [-0.2, 0) is 10.2 Å². The molecule has 0 amide bonds. The number of azo groups is 1. The van der Waals surface area contributed by atoms with Crippen molar-refractivity contribution in [2.75, 3.05) is 6.61 Å². The Bertz CT molecular complexity index is 1030. The van der Waals surface area contributed by atoms with Crippen LogP contribution in [0.1, 0.15) is 75.0 Å². The van der Waals surface area contributed by atoms with Crippen LogP contribution >= 0.6 is 0 Å². The van der Waals surface area contributed by atoms with Crippen LogP contribution in [0.5, 0.6) is 0 Å². The highest BCUT2D eigenvalue weighted by atomic mass is 16.5. The predicted molar refractivity (Wildman–Crippen MR) is 104 cm³/mol. The van der Waals surface area contributed by atoms with Crippen molar-refractivity contribution in [3.8, 4) is 0 Å². The number of aromatic amines is 2. The number of nitrogens with zero attached hydrogens (tertiary/aromatic N) is 6. The lowest BCUT2D eigenvalue weighted by atomic mass is 9.91. The summed E-state index contributed by atoms with van der Waals surface area (Å²) in [6, 6.07) is 0. The third-order valence-electron chi connectivity index (χ3n) is 4.28. The van der Waals surface area contributed by atoms with E-state index in [4.69, 9.17) is 4.74 Å². The summed E-state index contributed by atoms with van der Waals surface area (Å²) in [4.78, 5) is 12.2. The highest BCUT2D eigenvalue weighted by molar-refractivity contribution is 5.95. The molecule has 0 saturated carbocycles. The highest BCUT2D eigenvalue weighted by Crippen LogP contribution is 2.36. The van der Waals surface area contributed by atoms with Gasteiger partial charge in [-0.25, -0.2) is 9.31 Å². The van der Waals surface area contributed by atoms with Crippen LogP contribution in [0.4, 0.5) is 11.5 Å². The molecule has 0 aliphatic heterocycles. The normalized spacial score (nSPS) is 12.6.